The number of para-hydroxylation sites is 1. The van der Waals surface area contributed by atoms with E-state index < -0.39 is 11.3 Å². The molecule has 0 saturated heterocycles. The molecular weight excluding hydrogens is 287 g/mol. The van der Waals surface area contributed by atoms with Crippen LogP contribution in [-0.2, 0) is 0 Å². The Hall–Kier alpha value is -1.11. The zero-order valence-electron chi connectivity index (χ0n) is 6.24. The van der Waals surface area contributed by atoms with Crippen LogP contribution in [-0.4, -0.2) is 0 Å². The second kappa shape index (κ2) is 2.99. The fraction of sp³-hybridized carbons (Fsp3) is 0. The number of rotatable bonds is 0. The van der Waals surface area contributed by atoms with Gasteiger partial charge in [0.2, 0.25) is 0 Å². The fourth-order valence-electron chi connectivity index (χ4n) is 0.944. The maximum atomic E-state index is 10.8. The fourth-order valence-corrected chi connectivity index (χ4v) is 1.53. The van der Waals surface area contributed by atoms with Crippen LogP contribution in [0.25, 0.3) is 11.2 Å². The smallest absolute Gasteiger partial charge is 0.414 e. The van der Waals surface area contributed by atoms with Crippen molar-refractivity contribution in [2.75, 3.05) is 0 Å². The van der Waals surface area contributed by atoms with Gasteiger partial charge in [-0.2, -0.15) is 0 Å². The summed E-state index contributed by atoms with van der Waals surface area (Å²) in [6.07, 6.45) is 0. The Bertz CT molecular complexity index is 566. The minimum Gasteiger partial charge on any atom is -0.414 e. The van der Waals surface area contributed by atoms with Crippen molar-refractivity contribution in [2.24, 2.45) is 0 Å². The number of halogens is 1. The molecule has 0 amide bonds. The summed E-state index contributed by atoms with van der Waals surface area (Å²) in [6.45, 7) is 0. The minimum absolute atomic E-state index is 0.288. The van der Waals surface area contributed by atoms with Crippen molar-refractivity contribution >= 4 is 33.8 Å². The minimum atomic E-state index is -0.977. The molecule has 4 nitrogen and oxygen atoms in total. The molecule has 13 heavy (non-hydrogen) atoms. The quantitative estimate of drug-likeness (QED) is 0.543. The zero-order chi connectivity index (χ0) is 9.42. The third-order valence-electron chi connectivity index (χ3n) is 1.49. The molecule has 1 aromatic heterocycles. The molecular formula is C8H3IO4. The predicted octanol–water partition coefficient (Wildman–Crippen LogP) is 1.35. The summed E-state index contributed by atoms with van der Waals surface area (Å²) in [4.78, 5) is 21.6. The van der Waals surface area contributed by atoms with Gasteiger partial charge in [-0.25, -0.2) is 9.59 Å². The molecule has 0 atom stereocenters. The van der Waals surface area contributed by atoms with Gasteiger partial charge in [0.05, 0.1) is 3.57 Å². The van der Waals surface area contributed by atoms with Crippen molar-refractivity contribution in [3.63, 3.8) is 0 Å². The average molecular weight is 290 g/mol. The third-order valence-corrected chi connectivity index (χ3v) is 2.34. The molecule has 0 saturated carbocycles. The van der Waals surface area contributed by atoms with Crippen molar-refractivity contribution in [2.45, 2.75) is 0 Å². The second-order valence-electron chi connectivity index (χ2n) is 2.35. The first-order valence-electron chi connectivity index (χ1n) is 3.41. The molecule has 0 fully saturated rings. The largest absolute Gasteiger partial charge is 0.423 e. The highest BCUT2D eigenvalue weighted by Crippen LogP contribution is 2.16. The van der Waals surface area contributed by atoms with Gasteiger partial charge in [0.15, 0.2) is 11.2 Å². The Kier molecular flexibility index (Phi) is 1.95. The second-order valence-corrected chi connectivity index (χ2v) is 3.51. The standard InChI is InChI=1S/C8H3IO4/c9-4-2-1-3-5-6(4)13-8(11)7(10)12-5/h1-3H. The number of hydrogen-bond acceptors (Lipinski definition) is 4. The van der Waals surface area contributed by atoms with E-state index in [9.17, 15) is 9.59 Å². The van der Waals surface area contributed by atoms with Gasteiger partial charge in [0, 0.05) is 0 Å². The maximum absolute atomic E-state index is 10.8. The number of benzene rings is 1. The third kappa shape index (κ3) is 1.39. The normalized spacial score (nSPS) is 10.5. The van der Waals surface area contributed by atoms with Crippen molar-refractivity contribution in [1.82, 2.24) is 0 Å². The summed E-state index contributed by atoms with van der Waals surface area (Å²) in [6, 6.07) is 5.04. The van der Waals surface area contributed by atoms with Crippen molar-refractivity contribution in [1.29, 1.82) is 0 Å². The monoisotopic (exact) mass is 290 g/mol. The molecule has 0 radical (unpaired) electrons. The van der Waals surface area contributed by atoms with Gasteiger partial charge < -0.3 is 8.83 Å². The van der Waals surface area contributed by atoms with E-state index in [2.05, 4.69) is 0 Å². The van der Waals surface area contributed by atoms with Crippen LogP contribution in [0.5, 0.6) is 0 Å². The van der Waals surface area contributed by atoms with Crippen LogP contribution in [0.2, 0.25) is 0 Å². The van der Waals surface area contributed by atoms with E-state index >= 15 is 0 Å². The van der Waals surface area contributed by atoms with Gasteiger partial charge >= 0.3 is 11.3 Å². The van der Waals surface area contributed by atoms with Crippen LogP contribution in [0.1, 0.15) is 0 Å². The Balaban J connectivity index is 3.06. The first kappa shape index (κ1) is 8.49. The van der Waals surface area contributed by atoms with E-state index in [4.69, 9.17) is 8.83 Å². The van der Waals surface area contributed by atoms with E-state index in [1.54, 1.807) is 18.2 Å². The topological polar surface area (TPSA) is 60.4 Å². The molecule has 2 rings (SSSR count). The SMILES string of the molecule is O=c1oc2cccc(I)c2oc1=O. The van der Waals surface area contributed by atoms with E-state index in [0.717, 1.165) is 3.57 Å². The summed E-state index contributed by atoms with van der Waals surface area (Å²) >= 11 is 1.99. The maximum Gasteiger partial charge on any atom is 0.423 e. The number of hydrogen-bond donors (Lipinski definition) is 0. The van der Waals surface area contributed by atoms with Gasteiger partial charge in [0.1, 0.15) is 0 Å². The molecule has 0 unspecified atom stereocenters. The van der Waals surface area contributed by atoms with Crippen LogP contribution < -0.4 is 11.3 Å². The van der Waals surface area contributed by atoms with Crippen LogP contribution >= 0.6 is 22.6 Å². The zero-order valence-corrected chi connectivity index (χ0v) is 8.40. The lowest BCUT2D eigenvalue weighted by Gasteiger charge is -1.94. The van der Waals surface area contributed by atoms with E-state index in [1.807, 2.05) is 22.6 Å². The number of fused-ring (bicyclic) bond motifs is 1. The van der Waals surface area contributed by atoms with Gasteiger partial charge in [-0.3, -0.25) is 0 Å². The predicted molar refractivity (Wildman–Crippen MR) is 53.7 cm³/mol. The van der Waals surface area contributed by atoms with E-state index in [0.29, 0.717) is 5.58 Å². The summed E-state index contributed by atoms with van der Waals surface area (Å²) in [5.74, 6) is 0. The van der Waals surface area contributed by atoms with Gasteiger partial charge in [-0.15, -0.1) is 0 Å². The Morgan fingerprint density at radius 1 is 1.08 bits per heavy atom. The van der Waals surface area contributed by atoms with Crippen molar-refractivity contribution < 1.29 is 8.83 Å². The van der Waals surface area contributed by atoms with Gasteiger partial charge in [-0.1, -0.05) is 6.07 Å². The van der Waals surface area contributed by atoms with Crippen LogP contribution in [0.3, 0.4) is 0 Å². The van der Waals surface area contributed by atoms with Crippen molar-refractivity contribution in [3.05, 3.63) is 42.6 Å². The summed E-state index contributed by atoms with van der Waals surface area (Å²) in [5.41, 5.74) is -1.35. The van der Waals surface area contributed by atoms with Crippen LogP contribution in [0, 0.1) is 3.57 Å². The summed E-state index contributed by atoms with van der Waals surface area (Å²) in [7, 11) is 0. The van der Waals surface area contributed by atoms with Crippen LogP contribution in [0.4, 0.5) is 0 Å². The van der Waals surface area contributed by atoms with Gasteiger partial charge in [-0.05, 0) is 34.7 Å². The average Bonchev–Trinajstić information content (AvgIpc) is 2.09. The molecule has 0 aliphatic heterocycles. The molecule has 1 heterocycles. The molecule has 0 aliphatic rings. The molecule has 66 valence electrons. The summed E-state index contributed by atoms with van der Waals surface area (Å²) < 4.78 is 10.2. The molecule has 0 spiro atoms. The Morgan fingerprint density at radius 2 is 1.77 bits per heavy atom. The Labute approximate surface area is 85.3 Å². The Morgan fingerprint density at radius 3 is 2.54 bits per heavy atom. The lowest BCUT2D eigenvalue weighted by Crippen LogP contribution is -2.21. The molecule has 0 bridgehead atoms. The van der Waals surface area contributed by atoms with Crippen molar-refractivity contribution in [3.8, 4) is 0 Å². The molecule has 0 N–H and O–H groups in total. The highest BCUT2D eigenvalue weighted by molar-refractivity contribution is 14.1. The first-order valence-corrected chi connectivity index (χ1v) is 4.49. The van der Waals surface area contributed by atoms with Gasteiger partial charge in [0.25, 0.3) is 0 Å². The summed E-state index contributed by atoms with van der Waals surface area (Å²) in [5, 5.41) is 0. The highest BCUT2D eigenvalue weighted by atomic mass is 127. The lowest BCUT2D eigenvalue weighted by molar-refractivity contribution is 0.447. The highest BCUT2D eigenvalue weighted by Gasteiger charge is 2.06. The van der Waals surface area contributed by atoms with E-state index in [-0.39, 0.29) is 5.58 Å². The molecule has 1 aromatic carbocycles. The van der Waals surface area contributed by atoms with Crippen LogP contribution in [0.15, 0.2) is 36.6 Å². The molecule has 0 aliphatic carbocycles. The molecule has 5 heteroatoms. The first-order chi connectivity index (χ1) is 6.18. The molecule has 2 aromatic rings. The lowest BCUT2D eigenvalue weighted by atomic mass is 10.3. The van der Waals surface area contributed by atoms with E-state index in [1.165, 1.54) is 0 Å².